The molecule has 2 aromatic rings. The van der Waals surface area contributed by atoms with Crippen LogP contribution in [-0.4, -0.2) is 31.3 Å². The number of halogens is 3. The average molecular weight is 449 g/mol. The van der Waals surface area contributed by atoms with Crippen molar-refractivity contribution < 1.29 is 19.1 Å². The van der Waals surface area contributed by atoms with Crippen LogP contribution in [0.4, 0.5) is 5.69 Å². The summed E-state index contributed by atoms with van der Waals surface area (Å²) < 4.78 is 10.5. The summed E-state index contributed by atoms with van der Waals surface area (Å²) in [6.45, 7) is 1.45. The molecule has 0 fully saturated rings. The minimum Gasteiger partial charge on any atom is -0.496 e. The largest absolute Gasteiger partial charge is 0.496 e. The fraction of sp³-hybridized carbons (Fsp3) is 0.222. The lowest BCUT2D eigenvalue weighted by atomic mass is 10.2. The molecule has 0 bridgehead atoms. The highest BCUT2D eigenvalue weighted by Crippen LogP contribution is 2.32. The molecule has 0 saturated heterocycles. The zero-order chi connectivity index (χ0) is 20.1. The zero-order valence-corrected chi connectivity index (χ0v) is 17.7. The highest BCUT2D eigenvalue weighted by atomic mass is 35.5. The predicted octanol–water partition coefficient (Wildman–Crippen LogP) is 5.56. The van der Waals surface area contributed by atoms with Gasteiger partial charge in [-0.2, -0.15) is 0 Å². The van der Waals surface area contributed by atoms with E-state index < -0.39 is 18.0 Å². The van der Waals surface area contributed by atoms with Crippen molar-refractivity contribution >= 4 is 64.1 Å². The number of nitrogens with one attached hydrogen (secondary N) is 1. The molecule has 2 aromatic carbocycles. The minimum atomic E-state index is -1.08. The van der Waals surface area contributed by atoms with E-state index in [1.807, 2.05) is 6.26 Å². The van der Waals surface area contributed by atoms with E-state index in [1.54, 1.807) is 18.2 Å². The highest BCUT2D eigenvalue weighted by Gasteiger charge is 2.22. The zero-order valence-electron chi connectivity index (χ0n) is 14.6. The Hall–Kier alpha value is -1.60. The summed E-state index contributed by atoms with van der Waals surface area (Å²) in [6, 6.07) is 7.91. The second-order valence-corrected chi connectivity index (χ2v) is 7.45. The van der Waals surface area contributed by atoms with E-state index in [2.05, 4.69) is 5.32 Å². The molecule has 0 radical (unpaired) electrons. The second kappa shape index (κ2) is 9.55. The van der Waals surface area contributed by atoms with Crippen molar-refractivity contribution in [2.45, 2.75) is 17.9 Å². The highest BCUT2D eigenvalue weighted by molar-refractivity contribution is 7.98. The summed E-state index contributed by atoms with van der Waals surface area (Å²) in [5.74, 6) is -0.877. The van der Waals surface area contributed by atoms with E-state index in [1.165, 1.54) is 37.9 Å². The maximum Gasteiger partial charge on any atom is 0.342 e. The van der Waals surface area contributed by atoms with Crippen LogP contribution in [-0.2, 0) is 9.53 Å². The SMILES string of the molecule is COc1cc(SC)ccc1C(=O)OC(C)C(=O)Nc1cc(Cl)c(Cl)cc1Cl. The Labute approximate surface area is 176 Å². The monoisotopic (exact) mass is 447 g/mol. The molecule has 1 atom stereocenters. The summed E-state index contributed by atoms with van der Waals surface area (Å²) in [6.07, 6.45) is 0.834. The van der Waals surface area contributed by atoms with Gasteiger partial charge in [-0.15, -0.1) is 11.8 Å². The standard InChI is InChI=1S/C18H16Cl3NO4S/c1-9(17(23)22-15-8-13(20)12(19)7-14(15)21)26-18(24)11-5-4-10(27-3)6-16(11)25-2/h4-9H,1-3H3,(H,22,23). The van der Waals surface area contributed by atoms with Gasteiger partial charge < -0.3 is 14.8 Å². The number of rotatable bonds is 6. The number of carbonyl (C=O) groups is 2. The normalized spacial score (nSPS) is 11.6. The topological polar surface area (TPSA) is 64.6 Å². The van der Waals surface area contributed by atoms with Crippen LogP contribution in [0.1, 0.15) is 17.3 Å². The molecule has 144 valence electrons. The van der Waals surface area contributed by atoms with Gasteiger partial charge >= 0.3 is 5.97 Å². The Bertz CT molecular complexity index is 876. The molecule has 2 rings (SSSR count). The predicted molar refractivity (Wildman–Crippen MR) is 110 cm³/mol. The average Bonchev–Trinajstić information content (AvgIpc) is 2.65. The third kappa shape index (κ3) is 5.45. The summed E-state index contributed by atoms with van der Waals surface area (Å²) in [5, 5.41) is 3.27. The van der Waals surface area contributed by atoms with Crippen LogP contribution in [0.25, 0.3) is 0 Å². The van der Waals surface area contributed by atoms with Gasteiger partial charge in [-0.05, 0) is 43.5 Å². The van der Waals surface area contributed by atoms with Crippen LogP contribution in [0.5, 0.6) is 5.75 Å². The number of ether oxygens (including phenoxy) is 2. The smallest absolute Gasteiger partial charge is 0.342 e. The molecule has 1 amide bonds. The first-order valence-electron chi connectivity index (χ1n) is 7.65. The summed E-state index contributed by atoms with van der Waals surface area (Å²) in [5.41, 5.74) is 0.489. The number of esters is 1. The van der Waals surface area contributed by atoms with E-state index in [0.29, 0.717) is 5.75 Å². The van der Waals surface area contributed by atoms with Gasteiger partial charge in [0.1, 0.15) is 11.3 Å². The van der Waals surface area contributed by atoms with E-state index in [4.69, 9.17) is 44.3 Å². The molecule has 0 aromatic heterocycles. The molecule has 1 N–H and O–H groups in total. The van der Waals surface area contributed by atoms with Crippen LogP contribution in [0.3, 0.4) is 0 Å². The van der Waals surface area contributed by atoms with Crippen LogP contribution < -0.4 is 10.1 Å². The van der Waals surface area contributed by atoms with Crippen molar-refractivity contribution in [2.24, 2.45) is 0 Å². The van der Waals surface area contributed by atoms with Crippen molar-refractivity contribution in [3.05, 3.63) is 51.0 Å². The third-order valence-electron chi connectivity index (χ3n) is 3.55. The number of anilines is 1. The molecule has 0 aliphatic heterocycles. The van der Waals surface area contributed by atoms with Gasteiger partial charge in [-0.1, -0.05) is 34.8 Å². The van der Waals surface area contributed by atoms with E-state index in [-0.39, 0.29) is 26.3 Å². The maximum atomic E-state index is 12.4. The summed E-state index contributed by atoms with van der Waals surface area (Å²) >= 11 is 19.3. The first-order chi connectivity index (χ1) is 12.8. The molecule has 9 heteroatoms. The molecule has 0 heterocycles. The number of hydrogen-bond acceptors (Lipinski definition) is 5. The Morgan fingerprint density at radius 1 is 1.07 bits per heavy atom. The molecule has 27 heavy (non-hydrogen) atoms. The molecule has 5 nitrogen and oxygen atoms in total. The van der Waals surface area contributed by atoms with E-state index in [9.17, 15) is 9.59 Å². The summed E-state index contributed by atoms with van der Waals surface area (Å²) in [4.78, 5) is 25.7. The summed E-state index contributed by atoms with van der Waals surface area (Å²) in [7, 11) is 1.46. The first-order valence-corrected chi connectivity index (χ1v) is 10.0. The maximum absolute atomic E-state index is 12.4. The fourth-order valence-corrected chi connectivity index (χ4v) is 3.12. The lowest BCUT2D eigenvalue weighted by Gasteiger charge is -2.16. The van der Waals surface area contributed by atoms with Crippen LogP contribution >= 0.6 is 46.6 Å². The first kappa shape index (κ1) is 21.7. The Morgan fingerprint density at radius 2 is 1.74 bits per heavy atom. The van der Waals surface area contributed by atoms with Crippen molar-refractivity contribution in [3.8, 4) is 5.75 Å². The van der Waals surface area contributed by atoms with Crippen molar-refractivity contribution in [3.63, 3.8) is 0 Å². The van der Waals surface area contributed by atoms with Gasteiger partial charge in [0, 0.05) is 4.90 Å². The number of thioether (sulfide) groups is 1. The molecule has 0 aliphatic carbocycles. The minimum absolute atomic E-state index is 0.214. The van der Waals surface area contributed by atoms with E-state index >= 15 is 0 Å². The Morgan fingerprint density at radius 3 is 2.37 bits per heavy atom. The number of hydrogen-bond donors (Lipinski definition) is 1. The van der Waals surface area contributed by atoms with Gasteiger partial charge in [0.25, 0.3) is 5.91 Å². The molecular formula is C18H16Cl3NO4S. The third-order valence-corrected chi connectivity index (χ3v) is 5.31. The molecule has 1 unspecified atom stereocenters. The number of benzene rings is 2. The Kier molecular flexibility index (Phi) is 7.68. The fourth-order valence-electron chi connectivity index (χ4n) is 2.10. The molecule has 0 spiro atoms. The van der Waals surface area contributed by atoms with Gasteiger partial charge in [-0.25, -0.2) is 4.79 Å². The number of amides is 1. The quantitative estimate of drug-likeness (QED) is 0.356. The molecule has 0 saturated carbocycles. The van der Waals surface area contributed by atoms with Crippen molar-refractivity contribution in [2.75, 3.05) is 18.7 Å². The Balaban J connectivity index is 2.10. The molecular weight excluding hydrogens is 433 g/mol. The lowest BCUT2D eigenvalue weighted by molar-refractivity contribution is -0.123. The van der Waals surface area contributed by atoms with Crippen LogP contribution in [0.15, 0.2) is 35.2 Å². The van der Waals surface area contributed by atoms with Crippen molar-refractivity contribution in [1.29, 1.82) is 0 Å². The second-order valence-electron chi connectivity index (χ2n) is 5.35. The lowest BCUT2D eigenvalue weighted by Crippen LogP contribution is -2.30. The number of carbonyl (C=O) groups excluding carboxylic acids is 2. The van der Waals surface area contributed by atoms with Crippen molar-refractivity contribution in [1.82, 2.24) is 0 Å². The molecule has 0 aliphatic rings. The van der Waals surface area contributed by atoms with Gasteiger partial charge in [0.05, 0.1) is 27.9 Å². The number of methoxy groups -OCH3 is 1. The van der Waals surface area contributed by atoms with Gasteiger partial charge in [0.2, 0.25) is 0 Å². The van der Waals surface area contributed by atoms with E-state index in [0.717, 1.165) is 4.90 Å². The van der Waals surface area contributed by atoms with Gasteiger partial charge in [0.15, 0.2) is 6.10 Å². The van der Waals surface area contributed by atoms with Crippen LogP contribution in [0, 0.1) is 0 Å². The van der Waals surface area contributed by atoms with Gasteiger partial charge in [-0.3, -0.25) is 4.79 Å². The van der Waals surface area contributed by atoms with Crippen LogP contribution in [0.2, 0.25) is 15.1 Å².